The van der Waals surface area contributed by atoms with Gasteiger partial charge in [0.15, 0.2) is 0 Å². The van der Waals surface area contributed by atoms with E-state index in [4.69, 9.17) is 0 Å². The zero-order valence-electron chi connectivity index (χ0n) is 12.1. The lowest BCUT2D eigenvalue weighted by atomic mass is 10.1. The molecule has 19 heavy (non-hydrogen) atoms. The highest BCUT2D eigenvalue weighted by atomic mass is 16.1. The Morgan fingerprint density at radius 3 is 2.47 bits per heavy atom. The van der Waals surface area contributed by atoms with Crippen LogP contribution >= 0.6 is 0 Å². The Bertz CT molecular complexity index is 626. The molecule has 0 unspecified atom stereocenters. The summed E-state index contributed by atoms with van der Waals surface area (Å²) in [5.41, 5.74) is 1.96. The number of nitrogens with one attached hydrogen (secondary N) is 1. The summed E-state index contributed by atoms with van der Waals surface area (Å²) in [7, 11) is 0. The molecule has 0 radical (unpaired) electrons. The molecule has 0 aliphatic heterocycles. The van der Waals surface area contributed by atoms with Crippen LogP contribution in [0.2, 0.25) is 0 Å². The minimum absolute atomic E-state index is 0.113. The molecular formula is C16H22N2O. The Hall–Kier alpha value is -1.61. The van der Waals surface area contributed by atoms with E-state index < -0.39 is 0 Å². The number of hydrogen-bond donors (Lipinski definition) is 1. The van der Waals surface area contributed by atoms with Crippen molar-refractivity contribution in [3.8, 4) is 0 Å². The summed E-state index contributed by atoms with van der Waals surface area (Å²) in [5.74, 6) is 0. The van der Waals surface area contributed by atoms with Crippen LogP contribution in [0.15, 0.2) is 35.1 Å². The average molecular weight is 258 g/mol. The molecule has 0 spiro atoms. The van der Waals surface area contributed by atoms with Crippen molar-refractivity contribution in [3.05, 3.63) is 46.2 Å². The number of benzene rings is 1. The number of nitrogens with zero attached hydrogens (tertiary/aromatic N) is 1. The van der Waals surface area contributed by atoms with E-state index >= 15 is 0 Å². The highest BCUT2D eigenvalue weighted by molar-refractivity contribution is 5.79. The second-order valence-electron chi connectivity index (χ2n) is 5.53. The lowest BCUT2D eigenvalue weighted by molar-refractivity contribution is 0.565. The topological polar surface area (TPSA) is 34.0 Å². The average Bonchev–Trinajstić information content (AvgIpc) is 2.35. The SMILES string of the molecule is CC(C)NCc1cc2ccccc2n(C(C)C)c1=O. The molecule has 0 saturated carbocycles. The van der Waals surface area contributed by atoms with E-state index in [1.165, 1.54) is 0 Å². The van der Waals surface area contributed by atoms with Crippen LogP contribution in [-0.4, -0.2) is 10.6 Å². The molecule has 0 atom stereocenters. The first kappa shape index (κ1) is 13.8. The third-order valence-electron chi connectivity index (χ3n) is 3.24. The van der Waals surface area contributed by atoms with E-state index in [1.54, 1.807) is 0 Å². The van der Waals surface area contributed by atoms with Crippen LogP contribution in [-0.2, 0) is 6.54 Å². The molecule has 3 nitrogen and oxygen atoms in total. The van der Waals surface area contributed by atoms with Crippen LogP contribution in [0.1, 0.15) is 39.3 Å². The Kier molecular flexibility index (Phi) is 4.05. The molecule has 0 aliphatic rings. The van der Waals surface area contributed by atoms with E-state index in [2.05, 4.69) is 25.2 Å². The second-order valence-corrected chi connectivity index (χ2v) is 5.53. The quantitative estimate of drug-likeness (QED) is 0.914. The Morgan fingerprint density at radius 2 is 1.84 bits per heavy atom. The summed E-state index contributed by atoms with van der Waals surface area (Å²) in [6, 6.07) is 10.6. The summed E-state index contributed by atoms with van der Waals surface area (Å²) < 4.78 is 1.88. The molecule has 102 valence electrons. The van der Waals surface area contributed by atoms with Crippen molar-refractivity contribution in [2.24, 2.45) is 0 Å². The number of para-hydroxylation sites is 1. The molecule has 0 saturated heterocycles. The van der Waals surface area contributed by atoms with Gasteiger partial charge in [-0.1, -0.05) is 32.0 Å². The van der Waals surface area contributed by atoms with Crippen molar-refractivity contribution in [3.63, 3.8) is 0 Å². The Labute approximate surface area is 114 Å². The number of hydrogen-bond acceptors (Lipinski definition) is 2. The lowest BCUT2D eigenvalue weighted by Gasteiger charge is -2.17. The van der Waals surface area contributed by atoms with Crippen molar-refractivity contribution in [2.45, 2.75) is 46.3 Å². The van der Waals surface area contributed by atoms with Crippen molar-refractivity contribution >= 4 is 10.9 Å². The van der Waals surface area contributed by atoms with Gasteiger partial charge in [0.25, 0.3) is 5.56 Å². The first-order chi connectivity index (χ1) is 9.00. The van der Waals surface area contributed by atoms with E-state index in [9.17, 15) is 4.79 Å². The minimum Gasteiger partial charge on any atom is -0.310 e. The molecule has 0 fully saturated rings. The van der Waals surface area contributed by atoms with Gasteiger partial charge in [-0.25, -0.2) is 0 Å². The fraction of sp³-hybridized carbons (Fsp3) is 0.438. The molecule has 1 heterocycles. The maximum atomic E-state index is 12.6. The van der Waals surface area contributed by atoms with Crippen LogP contribution in [0.5, 0.6) is 0 Å². The summed E-state index contributed by atoms with van der Waals surface area (Å²) in [4.78, 5) is 12.6. The standard InChI is InChI=1S/C16H22N2O/c1-11(2)17-10-14-9-13-7-5-6-8-15(13)18(12(3)4)16(14)19/h5-9,11-12,17H,10H2,1-4H3. The highest BCUT2D eigenvalue weighted by Crippen LogP contribution is 2.17. The number of aromatic nitrogens is 1. The second kappa shape index (κ2) is 5.57. The number of pyridine rings is 1. The molecule has 2 aromatic rings. The monoisotopic (exact) mass is 258 g/mol. The largest absolute Gasteiger partial charge is 0.310 e. The summed E-state index contributed by atoms with van der Waals surface area (Å²) in [6.45, 7) is 8.89. The molecule has 1 N–H and O–H groups in total. The van der Waals surface area contributed by atoms with Crippen molar-refractivity contribution in [1.82, 2.24) is 9.88 Å². The van der Waals surface area contributed by atoms with Gasteiger partial charge in [-0.3, -0.25) is 4.79 Å². The molecule has 1 aromatic heterocycles. The van der Waals surface area contributed by atoms with Crippen LogP contribution < -0.4 is 10.9 Å². The smallest absolute Gasteiger partial charge is 0.255 e. The minimum atomic E-state index is 0.113. The summed E-state index contributed by atoms with van der Waals surface area (Å²) >= 11 is 0. The van der Waals surface area contributed by atoms with Crippen LogP contribution in [0.25, 0.3) is 10.9 Å². The number of rotatable bonds is 4. The molecule has 1 aromatic carbocycles. The first-order valence-corrected chi connectivity index (χ1v) is 6.87. The van der Waals surface area contributed by atoms with Gasteiger partial charge < -0.3 is 9.88 Å². The fourth-order valence-electron chi connectivity index (χ4n) is 2.30. The maximum absolute atomic E-state index is 12.6. The van der Waals surface area contributed by atoms with Crippen LogP contribution in [0, 0.1) is 0 Å². The van der Waals surface area contributed by atoms with Gasteiger partial charge in [0, 0.05) is 24.2 Å². The maximum Gasteiger partial charge on any atom is 0.255 e. The van der Waals surface area contributed by atoms with Gasteiger partial charge in [0.05, 0.1) is 5.52 Å². The molecule has 3 heteroatoms. The third-order valence-corrected chi connectivity index (χ3v) is 3.24. The van der Waals surface area contributed by atoms with Crippen LogP contribution in [0.3, 0.4) is 0 Å². The van der Waals surface area contributed by atoms with Gasteiger partial charge >= 0.3 is 0 Å². The normalized spacial score (nSPS) is 11.7. The Morgan fingerprint density at radius 1 is 1.16 bits per heavy atom. The van der Waals surface area contributed by atoms with Crippen molar-refractivity contribution in [1.29, 1.82) is 0 Å². The van der Waals surface area contributed by atoms with Crippen molar-refractivity contribution < 1.29 is 0 Å². The van der Waals surface area contributed by atoms with E-state index in [1.807, 2.05) is 42.7 Å². The third kappa shape index (κ3) is 2.87. The van der Waals surface area contributed by atoms with Gasteiger partial charge in [0.2, 0.25) is 0 Å². The predicted molar refractivity (Wildman–Crippen MR) is 80.6 cm³/mol. The molecular weight excluding hydrogens is 236 g/mol. The van der Waals surface area contributed by atoms with Crippen LogP contribution in [0.4, 0.5) is 0 Å². The van der Waals surface area contributed by atoms with Gasteiger partial charge in [0.1, 0.15) is 0 Å². The molecule has 0 bridgehead atoms. The zero-order valence-corrected chi connectivity index (χ0v) is 12.1. The lowest BCUT2D eigenvalue weighted by Crippen LogP contribution is -2.30. The predicted octanol–water partition coefficient (Wildman–Crippen LogP) is 3.08. The summed E-state index contributed by atoms with van der Waals surface area (Å²) in [5, 5.41) is 4.44. The van der Waals surface area contributed by atoms with Gasteiger partial charge in [-0.15, -0.1) is 0 Å². The Balaban J connectivity index is 2.60. The van der Waals surface area contributed by atoms with Crippen molar-refractivity contribution in [2.75, 3.05) is 0 Å². The molecule has 0 amide bonds. The molecule has 2 rings (SSSR count). The number of fused-ring (bicyclic) bond motifs is 1. The first-order valence-electron chi connectivity index (χ1n) is 6.87. The fourth-order valence-corrected chi connectivity index (χ4v) is 2.30. The van der Waals surface area contributed by atoms with Gasteiger partial charge in [-0.05, 0) is 31.4 Å². The van der Waals surface area contributed by atoms with E-state index in [0.29, 0.717) is 12.6 Å². The van der Waals surface area contributed by atoms with E-state index in [0.717, 1.165) is 16.5 Å². The molecule has 0 aliphatic carbocycles. The van der Waals surface area contributed by atoms with Gasteiger partial charge in [-0.2, -0.15) is 0 Å². The van der Waals surface area contributed by atoms with E-state index in [-0.39, 0.29) is 11.6 Å². The zero-order chi connectivity index (χ0) is 14.0. The highest BCUT2D eigenvalue weighted by Gasteiger charge is 2.11. The summed E-state index contributed by atoms with van der Waals surface area (Å²) in [6.07, 6.45) is 0.